The van der Waals surface area contributed by atoms with Gasteiger partial charge in [0, 0.05) is 16.8 Å². The number of ether oxygens (including phenoxy) is 1. The molecule has 106 valence electrons. The van der Waals surface area contributed by atoms with Crippen LogP contribution < -0.4 is 4.74 Å². The monoisotopic (exact) mass is 290 g/mol. The van der Waals surface area contributed by atoms with Gasteiger partial charge >= 0.3 is 0 Å². The molecule has 20 heavy (non-hydrogen) atoms. The van der Waals surface area contributed by atoms with E-state index in [1.165, 1.54) is 0 Å². The van der Waals surface area contributed by atoms with Crippen molar-refractivity contribution in [1.29, 1.82) is 0 Å². The summed E-state index contributed by atoms with van der Waals surface area (Å²) in [7, 11) is 0. The van der Waals surface area contributed by atoms with Crippen LogP contribution in [0.1, 0.15) is 32.0 Å². The van der Waals surface area contributed by atoms with Crippen LogP contribution in [0.3, 0.4) is 0 Å². The van der Waals surface area contributed by atoms with Crippen LogP contribution in [0.15, 0.2) is 24.3 Å². The first-order valence-corrected chi connectivity index (χ1v) is 7.19. The molecule has 0 amide bonds. The molecule has 1 aromatic carbocycles. The minimum atomic E-state index is 0.164. The topological polar surface area (TPSA) is 35.0 Å². The fourth-order valence-electron chi connectivity index (χ4n) is 1.96. The summed E-state index contributed by atoms with van der Waals surface area (Å²) in [5.41, 5.74) is 2.89. The zero-order valence-electron chi connectivity index (χ0n) is 12.3. The van der Waals surface area contributed by atoms with Crippen LogP contribution in [-0.4, -0.2) is 16.1 Å². The summed E-state index contributed by atoms with van der Waals surface area (Å²) in [6, 6.07) is 7.77. The Morgan fingerprint density at radius 3 is 2.35 bits per heavy atom. The third kappa shape index (κ3) is 3.28. The summed E-state index contributed by atoms with van der Waals surface area (Å²) < 4.78 is 5.63. The van der Waals surface area contributed by atoms with Crippen molar-refractivity contribution in [2.75, 3.05) is 0 Å². The molecular weight excluding hydrogens is 272 g/mol. The van der Waals surface area contributed by atoms with Gasteiger partial charge in [0.05, 0.1) is 6.10 Å². The van der Waals surface area contributed by atoms with E-state index in [9.17, 15) is 0 Å². The van der Waals surface area contributed by atoms with E-state index >= 15 is 0 Å². The molecule has 0 aliphatic heterocycles. The molecule has 0 saturated heterocycles. The fraction of sp³-hybridized carbons (Fsp3) is 0.375. The number of halogens is 1. The molecule has 1 aromatic heterocycles. The molecule has 0 aliphatic rings. The van der Waals surface area contributed by atoms with Crippen LogP contribution in [0.5, 0.6) is 5.75 Å². The minimum absolute atomic E-state index is 0.164. The number of aryl methyl sites for hydroxylation is 1. The third-order valence-electron chi connectivity index (χ3n) is 3.01. The van der Waals surface area contributed by atoms with Crippen LogP contribution in [0, 0.1) is 6.92 Å². The lowest BCUT2D eigenvalue weighted by atomic mass is 10.1. The molecule has 0 unspecified atom stereocenters. The Balaban J connectivity index is 2.34. The average Bonchev–Trinajstić information content (AvgIpc) is 2.42. The standard InChI is InChI=1S/C16H19ClN2O/c1-5-14-11(4)15(17)19-16(18-14)12-6-8-13(9-7-12)20-10(2)3/h6-10H,5H2,1-4H3. The van der Waals surface area contributed by atoms with E-state index in [0.717, 1.165) is 29.0 Å². The van der Waals surface area contributed by atoms with Gasteiger partial charge in [0.15, 0.2) is 5.82 Å². The Morgan fingerprint density at radius 2 is 1.80 bits per heavy atom. The number of hydrogen-bond acceptors (Lipinski definition) is 3. The molecular formula is C16H19ClN2O. The maximum Gasteiger partial charge on any atom is 0.161 e. The number of aromatic nitrogens is 2. The van der Waals surface area contributed by atoms with E-state index in [4.69, 9.17) is 16.3 Å². The van der Waals surface area contributed by atoms with Gasteiger partial charge in [0.2, 0.25) is 0 Å². The summed E-state index contributed by atoms with van der Waals surface area (Å²) in [6.45, 7) is 8.02. The Morgan fingerprint density at radius 1 is 1.15 bits per heavy atom. The molecule has 2 rings (SSSR count). The maximum atomic E-state index is 6.17. The number of hydrogen-bond donors (Lipinski definition) is 0. The summed E-state index contributed by atoms with van der Waals surface area (Å²) in [5, 5.41) is 0.523. The van der Waals surface area contributed by atoms with E-state index < -0.39 is 0 Å². The van der Waals surface area contributed by atoms with Crippen molar-refractivity contribution in [3.63, 3.8) is 0 Å². The van der Waals surface area contributed by atoms with Crippen molar-refractivity contribution in [2.24, 2.45) is 0 Å². The molecule has 0 saturated carbocycles. The highest BCUT2D eigenvalue weighted by atomic mass is 35.5. The Bertz CT molecular complexity index is 594. The van der Waals surface area contributed by atoms with Gasteiger partial charge in [-0.05, 0) is 51.5 Å². The highest BCUT2D eigenvalue weighted by Gasteiger charge is 2.10. The van der Waals surface area contributed by atoms with Crippen LogP contribution >= 0.6 is 11.6 Å². The summed E-state index contributed by atoms with van der Waals surface area (Å²) in [4.78, 5) is 8.93. The van der Waals surface area contributed by atoms with Crippen molar-refractivity contribution in [3.8, 4) is 17.1 Å². The van der Waals surface area contributed by atoms with Gasteiger partial charge < -0.3 is 4.74 Å². The molecule has 4 heteroatoms. The molecule has 3 nitrogen and oxygen atoms in total. The smallest absolute Gasteiger partial charge is 0.161 e. The molecule has 0 fully saturated rings. The Hall–Kier alpha value is -1.61. The highest BCUT2D eigenvalue weighted by molar-refractivity contribution is 6.30. The SMILES string of the molecule is CCc1nc(-c2ccc(OC(C)C)cc2)nc(Cl)c1C. The lowest BCUT2D eigenvalue weighted by Crippen LogP contribution is -2.05. The first kappa shape index (κ1) is 14.8. The van der Waals surface area contributed by atoms with Crippen LogP contribution in [-0.2, 0) is 6.42 Å². The summed E-state index contributed by atoms with van der Waals surface area (Å²) in [5.74, 6) is 1.51. The minimum Gasteiger partial charge on any atom is -0.491 e. The molecule has 0 bridgehead atoms. The van der Waals surface area contributed by atoms with E-state index in [1.54, 1.807) is 0 Å². The zero-order valence-corrected chi connectivity index (χ0v) is 13.0. The van der Waals surface area contributed by atoms with Crippen LogP contribution in [0.4, 0.5) is 0 Å². The van der Waals surface area contributed by atoms with Gasteiger partial charge in [0.1, 0.15) is 10.9 Å². The first-order valence-electron chi connectivity index (χ1n) is 6.81. The molecule has 0 spiro atoms. The highest BCUT2D eigenvalue weighted by Crippen LogP contribution is 2.24. The first-order chi connectivity index (χ1) is 9.51. The number of rotatable bonds is 4. The third-order valence-corrected chi connectivity index (χ3v) is 3.37. The van der Waals surface area contributed by atoms with Crippen molar-refractivity contribution in [2.45, 2.75) is 40.2 Å². The summed E-state index contributed by atoms with van der Waals surface area (Å²) in [6.07, 6.45) is 1.01. The lowest BCUT2D eigenvalue weighted by Gasteiger charge is -2.11. The largest absolute Gasteiger partial charge is 0.491 e. The average molecular weight is 291 g/mol. The predicted molar refractivity (Wildman–Crippen MR) is 82.4 cm³/mol. The Labute approximate surface area is 125 Å². The van der Waals surface area contributed by atoms with Gasteiger partial charge in [-0.1, -0.05) is 18.5 Å². The molecule has 2 aromatic rings. The molecule has 0 aliphatic carbocycles. The van der Waals surface area contributed by atoms with Gasteiger partial charge in [-0.2, -0.15) is 0 Å². The molecule has 0 atom stereocenters. The van der Waals surface area contributed by atoms with Gasteiger partial charge in [0.25, 0.3) is 0 Å². The van der Waals surface area contributed by atoms with E-state index in [-0.39, 0.29) is 6.10 Å². The van der Waals surface area contributed by atoms with E-state index in [1.807, 2.05) is 45.0 Å². The normalized spacial score (nSPS) is 10.9. The number of nitrogens with zero attached hydrogens (tertiary/aromatic N) is 2. The zero-order chi connectivity index (χ0) is 14.7. The van der Waals surface area contributed by atoms with Crippen molar-refractivity contribution >= 4 is 11.6 Å². The van der Waals surface area contributed by atoms with Crippen LogP contribution in [0.25, 0.3) is 11.4 Å². The van der Waals surface area contributed by atoms with E-state index in [2.05, 4.69) is 16.9 Å². The van der Waals surface area contributed by atoms with Crippen molar-refractivity contribution in [3.05, 3.63) is 40.7 Å². The Kier molecular flexibility index (Phi) is 4.61. The van der Waals surface area contributed by atoms with Gasteiger partial charge in [-0.15, -0.1) is 0 Å². The second-order valence-electron chi connectivity index (χ2n) is 4.95. The van der Waals surface area contributed by atoms with Crippen molar-refractivity contribution in [1.82, 2.24) is 9.97 Å². The number of benzene rings is 1. The molecule has 0 N–H and O–H groups in total. The van der Waals surface area contributed by atoms with Crippen LogP contribution in [0.2, 0.25) is 5.15 Å². The lowest BCUT2D eigenvalue weighted by molar-refractivity contribution is 0.242. The summed E-state index contributed by atoms with van der Waals surface area (Å²) >= 11 is 6.17. The van der Waals surface area contributed by atoms with Gasteiger partial charge in [-0.25, -0.2) is 9.97 Å². The molecule has 1 heterocycles. The quantitative estimate of drug-likeness (QED) is 0.780. The fourth-order valence-corrected chi connectivity index (χ4v) is 2.15. The second kappa shape index (κ2) is 6.23. The predicted octanol–water partition coefficient (Wildman–Crippen LogP) is 4.46. The van der Waals surface area contributed by atoms with Crippen molar-refractivity contribution < 1.29 is 4.74 Å². The van der Waals surface area contributed by atoms with Gasteiger partial charge in [-0.3, -0.25) is 0 Å². The van der Waals surface area contributed by atoms with E-state index in [0.29, 0.717) is 11.0 Å². The maximum absolute atomic E-state index is 6.17. The molecule has 0 radical (unpaired) electrons. The second-order valence-corrected chi connectivity index (χ2v) is 5.31.